The van der Waals surface area contributed by atoms with Crippen LogP contribution in [0.5, 0.6) is 0 Å². The van der Waals surface area contributed by atoms with Gasteiger partial charge in [-0.1, -0.05) is 11.6 Å². The molecule has 8 heteroatoms. The lowest BCUT2D eigenvalue weighted by Gasteiger charge is -2.16. The molecule has 0 unspecified atom stereocenters. The Morgan fingerprint density at radius 2 is 2.27 bits per heavy atom. The molecular weight excluding hydrogens is 357 g/mol. The molecule has 3 heterocycles. The van der Waals surface area contributed by atoms with Crippen LogP contribution in [0.25, 0.3) is 22.6 Å². The molecule has 1 aliphatic heterocycles. The highest BCUT2D eigenvalue weighted by Gasteiger charge is 2.26. The zero-order valence-corrected chi connectivity index (χ0v) is 14.8. The summed E-state index contributed by atoms with van der Waals surface area (Å²) in [7, 11) is 0. The molecule has 6 nitrogen and oxygen atoms in total. The zero-order valence-electron chi connectivity index (χ0n) is 14.1. The zero-order chi connectivity index (χ0) is 18.3. The van der Waals surface area contributed by atoms with E-state index < -0.39 is 6.17 Å². The Labute approximate surface area is 154 Å². The molecular formula is C18H17ClFN5O. The van der Waals surface area contributed by atoms with Gasteiger partial charge < -0.3 is 15.2 Å². The summed E-state index contributed by atoms with van der Waals surface area (Å²) in [6, 6.07) is 6.78. The highest BCUT2D eigenvalue weighted by atomic mass is 35.5. The van der Waals surface area contributed by atoms with E-state index in [2.05, 4.69) is 20.3 Å². The summed E-state index contributed by atoms with van der Waals surface area (Å²) in [6.07, 6.45) is 1.18. The van der Waals surface area contributed by atoms with Gasteiger partial charge in [-0.2, -0.15) is 0 Å². The highest BCUT2D eigenvalue weighted by molar-refractivity contribution is 6.33. The van der Waals surface area contributed by atoms with Gasteiger partial charge in [-0.15, -0.1) is 0 Å². The number of rotatable bonds is 2. The number of amides is 2. The summed E-state index contributed by atoms with van der Waals surface area (Å²) in [4.78, 5) is 25.7. The van der Waals surface area contributed by atoms with Crippen LogP contribution in [0.2, 0.25) is 5.02 Å². The number of pyridine rings is 1. The SMILES string of the molecule is Cc1cnc2nc(-c3cc(NC(=O)N4CC[C@H](F)C4)ccc3Cl)[nH]c2c1. The third-order valence-electron chi connectivity index (χ3n) is 4.36. The molecule has 0 spiro atoms. The topological polar surface area (TPSA) is 73.9 Å². The minimum Gasteiger partial charge on any atom is -0.337 e. The van der Waals surface area contributed by atoms with Gasteiger partial charge in [0.25, 0.3) is 0 Å². The first-order valence-corrected chi connectivity index (χ1v) is 8.69. The van der Waals surface area contributed by atoms with Gasteiger partial charge in [-0.05, 0) is 43.2 Å². The van der Waals surface area contributed by atoms with Crippen LogP contribution in [0.4, 0.5) is 14.9 Å². The standard InChI is InChI=1S/C18H17ClFN5O/c1-10-6-15-17(21-8-10)24-16(23-15)13-7-12(2-3-14(13)19)22-18(26)25-5-4-11(20)9-25/h2-3,6-8,11H,4-5,9H2,1H3,(H,22,26)(H,21,23,24)/t11-/m0/s1. The maximum atomic E-state index is 13.3. The van der Waals surface area contributed by atoms with Crippen LogP contribution in [-0.4, -0.2) is 45.1 Å². The fourth-order valence-electron chi connectivity index (χ4n) is 3.02. The van der Waals surface area contributed by atoms with E-state index in [1.165, 1.54) is 4.90 Å². The van der Waals surface area contributed by atoms with Gasteiger partial charge in [0.15, 0.2) is 5.65 Å². The average molecular weight is 374 g/mol. The molecule has 1 fully saturated rings. The summed E-state index contributed by atoms with van der Waals surface area (Å²) >= 11 is 6.32. The number of urea groups is 1. The van der Waals surface area contributed by atoms with Crippen molar-refractivity contribution >= 4 is 34.5 Å². The van der Waals surface area contributed by atoms with E-state index in [-0.39, 0.29) is 12.6 Å². The Kier molecular flexibility index (Phi) is 4.24. The second-order valence-corrected chi connectivity index (χ2v) is 6.83. The maximum Gasteiger partial charge on any atom is 0.321 e. The Hall–Kier alpha value is -2.67. The minimum absolute atomic E-state index is 0.126. The van der Waals surface area contributed by atoms with Crippen LogP contribution in [0.15, 0.2) is 30.5 Å². The summed E-state index contributed by atoms with van der Waals surface area (Å²) in [6.45, 7) is 2.50. The maximum absolute atomic E-state index is 13.3. The quantitative estimate of drug-likeness (QED) is 0.708. The molecule has 2 aromatic heterocycles. The predicted octanol–water partition coefficient (Wildman–Crippen LogP) is 4.16. The number of nitrogens with one attached hydrogen (secondary N) is 2. The number of halogens is 2. The van der Waals surface area contributed by atoms with Crippen LogP contribution in [0, 0.1) is 6.92 Å². The van der Waals surface area contributed by atoms with E-state index in [1.807, 2.05) is 13.0 Å². The first kappa shape index (κ1) is 16.8. The Balaban J connectivity index is 1.62. The third-order valence-corrected chi connectivity index (χ3v) is 4.69. The number of H-pyrrole nitrogens is 1. The second kappa shape index (κ2) is 6.57. The number of aromatic nitrogens is 3. The van der Waals surface area contributed by atoms with E-state index in [4.69, 9.17) is 11.6 Å². The number of alkyl halides is 1. The number of carbonyl (C=O) groups is 1. The molecule has 2 amide bonds. The van der Waals surface area contributed by atoms with Crippen molar-refractivity contribution in [2.45, 2.75) is 19.5 Å². The van der Waals surface area contributed by atoms with Crippen LogP contribution in [0.1, 0.15) is 12.0 Å². The van der Waals surface area contributed by atoms with Gasteiger partial charge in [-0.3, -0.25) is 0 Å². The van der Waals surface area contributed by atoms with Gasteiger partial charge in [0.2, 0.25) is 0 Å². The molecule has 1 atom stereocenters. The molecule has 2 N–H and O–H groups in total. The number of carbonyl (C=O) groups excluding carboxylic acids is 1. The van der Waals surface area contributed by atoms with Crippen molar-refractivity contribution in [2.75, 3.05) is 18.4 Å². The number of hydrogen-bond acceptors (Lipinski definition) is 3. The number of aryl methyl sites for hydroxylation is 1. The Morgan fingerprint density at radius 1 is 1.42 bits per heavy atom. The van der Waals surface area contributed by atoms with Gasteiger partial charge in [-0.25, -0.2) is 19.2 Å². The van der Waals surface area contributed by atoms with Crippen LogP contribution < -0.4 is 5.32 Å². The van der Waals surface area contributed by atoms with Crippen molar-refractivity contribution in [3.05, 3.63) is 41.0 Å². The molecule has 1 aliphatic rings. The van der Waals surface area contributed by atoms with Gasteiger partial charge >= 0.3 is 6.03 Å². The molecule has 0 aliphatic carbocycles. The fourth-order valence-corrected chi connectivity index (χ4v) is 3.23. The van der Waals surface area contributed by atoms with Crippen LogP contribution in [-0.2, 0) is 0 Å². The summed E-state index contributed by atoms with van der Waals surface area (Å²) in [5.41, 5.74) is 3.67. The summed E-state index contributed by atoms with van der Waals surface area (Å²) in [5.74, 6) is 0.573. The predicted molar refractivity (Wildman–Crippen MR) is 99.2 cm³/mol. The minimum atomic E-state index is -0.951. The van der Waals surface area contributed by atoms with E-state index in [9.17, 15) is 9.18 Å². The molecule has 134 valence electrons. The number of benzene rings is 1. The van der Waals surface area contributed by atoms with Crippen molar-refractivity contribution in [1.29, 1.82) is 0 Å². The molecule has 0 radical (unpaired) electrons. The molecule has 3 aromatic rings. The van der Waals surface area contributed by atoms with Gasteiger partial charge in [0.05, 0.1) is 17.1 Å². The first-order chi connectivity index (χ1) is 12.5. The number of nitrogens with zero attached hydrogens (tertiary/aromatic N) is 3. The largest absolute Gasteiger partial charge is 0.337 e. The Bertz CT molecular complexity index is 989. The lowest BCUT2D eigenvalue weighted by molar-refractivity contribution is 0.218. The van der Waals surface area contributed by atoms with Crippen molar-refractivity contribution in [1.82, 2.24) is 19.9 Å². The average Bonchev–Trinajstić information content (AvgIpc) is 3.22. The molecule has 1 aromatic carbocycles. The summed E-state index contributed by atoms with van der Waals surface area (Å²) in [5, 5.41) is 3.29. The smallest absolute Gasteiger partial charge is 0.321 e. The molecule has 0 bridgehead atoms. The second-order valence-electron chi connectivity index (χ2n) is 6.43. The number of hydrogen-bond donors (Lipinski definition) is 2. The molecule has 1 saturated heterocycles. The molecule has 0 saturated carbocycles. The van der Waals surface area contributed by atoms with Crippen molar-refractivity contribution in [3.8, 4) is 11.4 Å². The number of anilines is 1. The number of imidazole rings is 1. The highest BCUT2D eigenvalue weighted by Crippen LogP contribution is 2.30. The normalized spacial score (nSPS) is 17.0. The monoisotopic (exact) mass is 373 g/mol. The molecule has 26 heavy (non-hydrogen) atoms. The van der Waals surface area contributed by atoms with E-state index in [0.29, 0.717) is 40.7 Å². The van der Waals surface area contributed by atoms with Gasteiger partial charge in [0.1, 0.15) is 12.0 Å². The van der Waals surface area contributed by atoms with Crippen molar-refractivity contribution in [2.24, 2.45) is 0 Å². The number of fused-ring (bicyclic) bond motifs is 1. The number of aromatic amines is 1. The van der Waals surface area contributed by atoms with Gasteiger partial charge in [0, 0.05) is 24.0 Å². The number of likely N-dealkylation sites (tertiary alicyclic amines) is 1. The van der Waals surface area contributed by atoms with E-state index in [1.54, 1.807) is 24.4 Å². The van der Waals surface area contributed by atoms with Crippen molar-refractivity contribution < 1.29 is 9.18 Å². The lowest BCUT2D eigenvalue weighted by atomic mass is 10.2. The van der Waals surface area contributed by atoms with Crippen LogP contribution >= 0.6 is 11.6 Å². The summed E-state index contributed by atoms with van der Waals surface area (Å²) < 4.78 is 13.3. The fraction of sp³-hybridized carbons (Fsp3) is 0.278. The first-order valence-electron chi connectivity index (χ1n) is 8.32. The van der Waals surface area contributed by atoms with E-state index >= 15 is 0 Å². The molecule has 4 rings (SSSR count). The van der Waals surface area contributed by atoms with Crippen molar-refractivity contribution in [3.63, 3.8) is 0 Å². The lowest BCUT2D eigenvalue weighted by Crippen LogP contribution is -2.33. The van der Waals surface area contributed by atoms with E-state index in [0.717, 1.165) is 11.1 Å². The Morgan fingerprint density at radius 3 is 3.04 bits per heavy atom. The van der Waals surface area contributed by atoms with Crippen LogP contribution in [0.3, 0.4) is 0 Å². The third kappa shape index (κ3) is 3.22.